The Morgan fingerprint density at radius 1 is 1.50 bits per heavy atom. The number of benzene rings is 1. The van der Waals surface area contributed by atoms with E-state index in [2.05, 4.69) is 5.32 Å². The third kappa shape index (κ3) is 3.98. The SMILES string of the molecule is NC(=S)c1ccc(NC(=O)CC2CCCCO2)c(F)c1. The maximum Gasteiger partial charge on any atom is 0.227 e. The highest BCUT2D eigenvalue weighted by Gasteiger charge is 2.18. The van der Waals surface area contributed by atoms with Crippen molar-refractivity contribution in [3.05, 3.63) is 29.6 Å². The number of carbonyl (C=O) groups is 1. The van der Waals surface area contributed by atoms with Crippen molar-refractivity contribution in [3.63, 3.8) is 0 Å². The molecule has 1 aromatic rings. The number of nitrogens with two attached hydrogens (primary N) is 1. The van der Waals surface area contributed by atoms with Gasteiger partial charge in [0, 0.05) is 12.2 Å². The fourth-order valence-electron chi connectivity index (χ4n) is 2.15. The Hall–Kier alpha value is -1.53. The van der Waals surface area contributed by atoms with Gasteiger partial charge in [0.1, 0.15) is 10.8 Å². The van der Waals surface area contributed by atoms with Crippen LogP contribution in [0, 0.1) is 5.82 Å². The Bertz CT molecular complexity index is 516. The monoisotopic (exact) mass is 296 g/mol. The molecule has 108 valence electrons. The summed E-state index contributed by atoms with van der Waals surface area (Å²) >= 11 is 4.77. The van der Waals surface area contributed by atoms with Gasteiger partial charge in [0.25, 0.3) is 0 Å². The molecule has 1 amide bonds. The zero-order valence-electron chi connectivity index (χ0n) is 11.0. The summed E-state index contributed by atoms with van der Waals surface area (Å²) in [6.45, 7) is 0.689. The molecule has 0 radical (unpaired) electrons. The second kappa shape index (κ2) is 6.76. The Labute approximate surface area is 122 Å². The summed E-state index contributed by atoms with van der Waals surface area (Å²) < 4.78 is 19.3. The molecule has 0 aliphatic carbocycles. The summed E-state index contributed by atoms with van der Waals surface area (Å²) in [5, 5.41) is 2.55. The number of anilines is 1. The third-order valence-corrected chi connectivity index (χ3v) is 3.45. The Kier molecular flexibility index (Phi) is 5.03. The molecule has 20 heavy (non-hydrogen) atoms. The largest absolute Gasteiger partial charge is 0.389 e. The van der Waals surface area contributed by atoms with Crippen molar-refractivity contribution in [2.24, 2.45) is 5.73 Å². The van der Waals surface area contributed by atoms with Crippen molar-refractivity contribution in [1.82, 2.24) is 0 Å². The average molecular weight is 296 g/mol. The molecule has 0 saturated carbocycles. The third-order valence-electron chi connectivity index (χ3n) is 3.21. The molecular weight excluding hydrogens is 279 g/mol. The summed E-state index contributed by atoms with van der Waals surface area (Å²) in [7, 11) is 0. The molecule has 6 heteroatoms. The fourth-order valence-corrected chi connectivity index (χ4v) is 2.27. The van der Waals surface area contributed by atoms with Crippen LogP contribution in [-0.4, -0.2) is 23.6 Å². The molecule has 1 saturated heterocycles. The maximum absolute atomic E-state index is 13.8. The smallest absolute Gasteiger partial charge is 0.227 e. The van der Waals surface area contributed by atoms with Gasteiger partial charge in [-0.2, -0.15) is 0 Å². The summed E-state index contributed by atoms with van der Waals surface area (Å²) in [5.41, 5.74) is 5.99. The lowest BCUT2D eigenvalue weighted by Gasteiger charge is -2.22. The predicted molar refractivity (Wildman–Crippen MR) is 79.1 cm³/mol. The first-order chi connectivity index (χ1) is 9.56. The van der Waals surface area contributed by atoms with Crippen LogP contribution in [0.1, 0.15) is 31.2 Å². The van der Waals surface area contributed by atoms with E-state index in [0.717, 1.165) is 19.3 Å². The molecule has 1 aliphatic heterocycles. The molecule has 0 spiro atoms. The van der Waals surface area contributed by atoms with Crippen molar-refractivity contribution in [3.8, 4) is 0 Å². The number of halogens is 1. The molecule has 3 N–H and O–H groups in total. The van der Waals surface area contributed by atoms with Crippen LogP contribution in [0.4, 0.5) is 10.1 Å². The number of carbonyl (C=O) groups excluding carboxylic acids is 1. The molecule has 0 aromatic heterocycles. The van der Waals surface area contributed by atoms with E-state index < -0.39 is 5.82 Å². The van der Waals surface area contributed by atoms with Gasteiger partial charge in [0.05, 0.1) is 18.2 Å². The maximum atomic E-state index is 13.8. The zero-order valence-corrected chi connectivity index (χ0v) is 11.8. The normalized spacial score (nSPS) is 18.6. The van der Waals surface area contributed by atoms with E-state index >= 15 is 0 Å². The molecular formula is C14H17FN2O2S. The summed E-state index contributed by atoms with van der Waals surface area (Å²) in [5.74, 6) is -0.799. The first-order valence-corrected chi connectivity index (χ1v) is 6.98. The van der Waals surface area contributed by atoms with E-state index in [1.165, 1.54) is 12.1 Å². The van der Waals surface area contributed by atoms with Gasteiger partial charge in [0.15, 0.2) is 0 Å². The highest BCUT2D eigenvalue weighted by atomic mass is 32.1. The topological polar surface area (TPSA) is 64.3 Å². The van der Waals surface area contributed by atoms with Crippen LogP contribution >= 0.6 is 12.2 Å². The van der Waals surface area contributed by atoms with E-state index in [1.807, 2.05) is 0 Å². The van der Waals surface area contributed by atoms with Crippen LogP contribution in [-0.2, 0) is 9.53 Å². The molecule has 1 aromatic carbocycles. The summed E-state index contributed by atoms with van der Waals surface area (Å²) in [6.07, 6.45) is 3.15. The van der Waals surface area contributed by atoms with Crippen molar-refractivity contribution in [2.75, 3.05) is 11.9 Å². The number of amides is 1. The van der Waals surface area contributed by atoms with Crippen LogP contribution in [0.25, 0.3) is 0 Å². The quantitative estimate of drug-likeness (QED) is 0.837. The Morgan fingerprint density at radius 3 is 2.90 bits per heavy atom. The standard InChI is InChI=1S/C14H17FN2O2S/c15-11-7-9(14(16)20)4-5-12(11)17-13(18)8-10-3-1-2-6-19-10/h4-5,7,10H,1-3,6,8H2,(H2,16,20)(H,17,18). The molecule has 1 heterocycles. The minimum Gasteiger partial charge on any atom is -0.389 e. The predicted octanol–water partition coefficient (Wildman–Crippen LogP) is 2.36. The first-order valence-electron chi connectivity index (χ1n) is 6.57. The lowest BCUT2D eigenvalue weighted by molar-refractivity contribution is -0.119. The molecule has 4 nitrogen and oxygen atoms in total. The van der Waals surface area contributed by atoms with E-state index in [9.17, 15) is 9.18 Å². The van der Waals surface area contributed by atoms with E-state index in [0.29, 0.717) is 12.2 Å². The minimum absolute atomic E-state index is 0.0669. The zero-order chi connectivity index (χ0) is 14.5. The lowest BCUT2D eigenvalue weighted by atomic mass is 10.1. The van der Waals surface area contributed by atoms with Crippen molar-refractivity contribution in [1.29, 1.82) is 0 Å². The van der Waals surface area contributed by atoms with Gasteiger partial charge in [-0.1, -0.05) is 12.2 Å². The number of hydrogen-bond acceptors (Lipinski definition) is 3. The van der Waals surface area contributed by atoms with E-state index in [1.54, 1.807) is 6.07 Å². The Balaban J connectivity index is 1.95. The van der Waals surface area contributed by atoms with E-state index in [4.69, 9.17) is 22.7 Å². The van der Waals surface area contributed by atoms with Crippen molar-refractivity contribution in [2.45, 2.75) is 31.8 Å². The molecule has 1 fully saturated rings. The number of thiocarbonyl (C=S) groups is 1. The van der Waals surface area contributed by atoms with Crippen LogP contribution < -0.4 is 11.1 Å². The van der Waals surface area contributed by atoms with Crippen LogP contribution in [0.5, 0.6) is 0 Å². The molecule has 1 aliphatic rings. The second-order valence-electron chi connectivity index (χ2n) is 4.80. The first kappa shape index (κ1) is 14.9. The second-order valence-corrected chi connectivity index (χ2v) is 5.24. The van der Waals surface area contributed by atoms with Gasteiger partial charge >= 0.3 is 0 Å². The Morgan fingerprint density at radius 2 is 2.30 bits per heavy atom. The molecule has 1 unspecified atom stereocenters. The number of nitrogens with one attached hydrogen (secondary N) is 1. The number of ether oxygens (including phenoxy) is 1. The minimum atomic E-state index is -0.548. The summed E-state index contributed by atoms with van der Waals surface area (Å²) in [4.78, 5) is 12.0. The average Bonchev–Trinajstić information content (AvgIpc) is 2.42. The highest BCUT2D eigenvalue weighted by molar-refractivity contribution is 7.80. The summed E-state index contributed by atoms with van der Waals surface area (Å²) in [6, 6.07) is 4.26. The van der Waals surface area contributed by atoms with Crippen LogP contribution in [0.15, 0.2) is 18.2 Å². The van der Waals surface area contributed by atoms with Gasteiger partial charge in [-0.3, -0.25) is 4.79 Å². The number of hydrogen-bond donors (Lipinski definition) is 2. The van der Waals surface area contributed by atoms with E-state index in [-0.39, 0.29) is 29.1 Å². The fraction of sp³-hybridized carbons (Fsp3) is 0.429. The molecule has 0 bridgehead atoms. The highest BCUT2D eigenvalue weighted by Crippen LogP contribution is 2.19. The molecule has 2 rings (SSSR count). The van der Waals surface area contributed by atoms with Crippen LogP contribution in [0.3, 0.4) is 0 Å². The van der Waals surface area contributed by atoms with Gasteiger partial charge < -0.3 is 15.8 Å². The molecule has 1 atom stereocenters. The van der Waals surface area contributed by atoms with Crippen molar-refractivity contribution >= 4 is 28.8 Å². The van der Waals surface area contributed by atoms with Gasteiger partial charge in [0.2, 0.25) is 5.91 Å². The van der Waals surface area contributed by atoms with Crippen molar-refractivity contribution < 1.29 is 13.9 Å². The van der Waals surface area contributed by atoms with Gasteiger partial charge in [-0.25, -0.2) is 4.39 Å². The number of rotatable bonds is 4. The lowest BCUT2D eigenvalue weighted by Crippen LogP contribution is -2.25. The van der Waals surface area contributed by atoms with Crippen LogP contribution in [0.2, 0.25) is 0 Å². The van der Waals surface area contributed by atoms with Gasteiger partial charge in [-0.05, 0) is 37.5 Å². The van der Waals surface area contributed by atoms with Gasteiger partial charge in [-0.15, -0.1) is 0 Å².